The summed E-state index contributed by atoms with van der Waals surface area (Å²) in [7, 11) is 0. The van der Waals surface area contributed by atoms with Gasteiger partial charge in [0.2, 0.25) is 5.91 Å². The van der Waals surface area contributed by atoms with Gasteiger partial charge in [0.15, 0.2) is 23.5 Å². The van der Waals surface area contributed by atoms with Gasteiger partial charge in [0.25, 0.3) is 0 Å². The zero-order valence-electron chi connectivity index (χ0n) is 17.0. The van der Waals surface area contributed by atoms with Crippen molar-refractivity contribution in [2.45, 2.75) is 31.6 Å². The fraction of sp³-hybridized carbons (Fsp3) is 0.389. The van der Waals surface area contributed by atoms with Crippen molar-refractivity contribution in [3.8, 4) is 0 Å². The van der Waals surface area contributed by atoms with Crippen molar-refractivity contribution >= 4 is 23.4 Å². The summed E-state index contributed by atoms with van der Waals surface area (Å²) in [5.74, 6) is -4.64. The zero-order chi connectivity index (χ0) is 25.1. The van der Waals surface area contributed by atoms with Crippen LogP contribution >= 0.6 is 0 Å². The van der Waals surface area contributed by atoms with E-state index in [-0.39, 0.29) is 18.7 Å². The zero-order valence-corrected chi connectivity index (χ0v) is 17.0. The average molecular weight is 482 g/mol. The molecule has 1 saturated heterocycles. The van der Waals surface area contributed by atoms with E-state index in [4.69, 9.17) is 11.6 Å². The predicted octanol–water partition coefficient (Wildman–Crippen LogP) is 0.590. The van der Waals surface area contributed by atoms with Gasteiger partial charge in [0.05, 0.1) is 11.6 Å². The van der Waals surface area contributed by atoms with Crippen molar-refractivity contribution < 1.29 is 40.7 Å². The monoisotopic (exact) mass is 482 g/mol. The molecule has 3 atom stereocenters. The first kappa shape index (κ1) is 25.8. The van der Waals surface area contributed by atoms with Crippen LogP contribution in [0.5, 0.6) is 0 Å². The van der Waals surface area contributed by atoms with Gasteiger partial charge in [-0.15, -0.1) is 0 Å². The third-order valence-corrected chi connectivity index (χ3v) is 4.98. The summed E-state index contributed by atoms with van der Waals surface area (Å²) in [6.45, 7) is 1.20. The van der Waals surface area contributed by atoms with E-state index >= 15 is 0 Å². The number of carbonyl (C=O) groups is 3. The summed E-state index contributed by atoms with van der Waals surface area (Å²) in [6.07, 6.45) is -4.45. The summed E-state index contributed by atoms with van der Waals surface area (Å²) >= 11 is 0. The fourth-order valence-electron chi connectivity index (χ4n) is 3.30. The van der Waals surface area contributed by atoms with Crippen molar-refractivity contribution in [1.82, 2.24) is 15.6 Å². The van der Waals surface area contributed by atoms with Crippen LogP contribution in [0, 0.1) is 23.4 Å². The van der Waals surface area contributed by atoms with Gasteiger partial charge in [-0.1, -0.05) is 0 Å². The van der Waals surface area contributed by atoms with E-state index in [1.807, 2.05) is 0 Å². The van der Waals surface area contributed by atoms with Crippen LogP contribution in [-0.2, 0) is 14.4 Å². The first-order valence-electron chi connectivity index (χ1n) is 9.33. The van der Waals surface area contributed by atoms with E-state index in [2.05, 4.69) is 5.32 Å². The van der Waals surface area contributed by atoms with Gasteiger partial charge in [-0.2, -0.15) is 13.2 Å². The Balaban J connectivity index is 2.09. The number of nitrogens with two attached hydrogens (primary N) is 2. The molecule has 1 aliphatic rings. The highest BCUT2D eigenvalue weighted by Gasteiger charge is 2.45. The molecule has 0 aromatic heterocycles. The molecule has 1 aromatic rings. The number of likely N-dealkylation sites (tertiary alicyclic amines) is 1. The third-order valence-electron chi connectivity index (χ3n) is 4.98. The van der Waals surface area contributed by atoms with Gasteiger partial charge < -0.3 is 26.7 Å². The van der Waals surface area contributed by atoms with Gasteiger partial charge in [0, 0.05) is 36.6 Å². The molecule has 9 nitrogen and oxygen atoms in total. The molecule has 0 aliphatic carbocycles. The summed E-state index contributed by atoms with van der Waals surface area (Å²) in [5, 5.41) is 3.65. The second kappa shape index (κ2) is 9.97. The SMILES string of the molecule is CC1C(C(=O)Nc2cc(F)c(F)c(F)c2)CCN1C(=O)C(=O)NC(/C(N)=C/NN)C(F)(F)F. The first-order valence-corrected chi connectivity index (χ1v) is 9.33. The second-order valence-electron chi connectivity index (χ2n) is 7.14. The Bertz CT molecular complexity index is 946. The highest BCUT2D eigenvalue weighted by molar-refractivity contribution is 6.35. The van der Waals surface area contributed by atoms with Crippen LogP contribution in [0.2, 0.25) is 0 Å². The standard InChI is InChI=1S/C18H20F6N6O3/c1-7-9(15(31)28-8-4-10(19)13(21)11(20)5-8)2-3-30(7)17(33)16(32)29-14(18(22,23)24)12(25)6-27-26/h4-7,9,14,27H,2-3,25-26H2,1H3,(H,28,31)(H,29,32)/b12-6-. The van der Waals surface area contributed by atoms with Crippen molar-refractivity contribution in [2.24, 2.45) is 17.5 Å². The molecule has 1 heterocycles. The fourth-order valence-corrected chi connectivity index (χ4v) is 3.30. The Morgan fingerprint density at radius 1 is 1.18 bits per heavy atom. The minimum atomic E-state index is -5.04. The summed E-state index contributed by atoms with van der Waals surface area (Å²) in [5.41, 5.74) is 5.74. The maximum atomic E-state index is 13.3. The quantitative estimate of drug-likeness (QED) is 0.137. The van der Waals surface area contributed by atoms with E-state index in [0.29, 0.717) is 18.3 Å². The van der Waals surface area contributed by atoms with Gasteiger partial charge in [-0.05, 0) is 13.3 Å². The van der Waals surface area contributed by atoms with Gasteiger partial charge in [0.1, 0.15) is 0 Å². The molecule has 0 bridgehead atoms. The molecule has 2 rings (SSSR count). The Hall–Kier alpha value is -3.49. The summed E-state index contributed by atoms with van der Waals surface area (Å²) < 4.78 is 79.2. The lowest BCUT2D eigenvalue weighted by Gasteiger charge is -2.26. The van der Waals surface area contributed by atoms with E-state index < -0.39 is 65.0 Å². The number of alkyl halides is 3. The Morgan fingerprint density at radius 3 is 2.27 bits per heavy atom. The number of hydrazine groups is 1. The van der Waals surface area contributed by atoms with E-state index in [9.17, 15) is 40.7 Å². The largest absolute Gasteiger partial charge is 0.414 e. The Morgan fingerprint density at radius 2 is 1.76 bits per heavy atom. The second-order valence-corrected chi connectivity index (χ2v) is 7.14. The third kappa shape index (κ3) is 5.85. The number of anilines is 1. The number of rotatable bonds is 5. The molecular weight excluding hydrogens is 462 g/mol. The predicted molar refractivity (Wildman–Crippen MR) is 102 cm³/mol. The average Bonchev–Trinajstić information content (AvgIpc) is 3.10. The molecule has 0 radical (unpaired) electrons. The van der Waals surface area contributed by atoms with Crippen LogP contribution in [0.25, 0.3) is 0 Å². The topological polar surface area (TPSA) is 143 Å². The molecule has 0 spiro atoms. The molecule has 182 valence electrons. The molecule has 33 heavy (non-hydrogen) atoms. The molecular formula is C18H20F6N6O3. The van der Waals surface area contributed by atoms with Crippen LogP contribution in [-0.4, -0.2) is 47.4 Å². The van der Waals surface area contributed by atoms with Gasteiger partial charge in [-0.25, -0.2) is 13.2 Å². The van der Waals surface area contributed by atoms with Crippen LogP contribution in [0.3, 0.4) is 0 Å². The molecule has 7 N–H and O–H groups in total. The molecule has 3 amide bonds. The Labute approximate surface area is 183 Å². The van der Waals surface area contributed by atoms with E-state index in [1.54, 1.807) is 5.43 Å². The molecule has 1 fully saturated rings. The number of nitrogens with one attached hydrogen (secondary N) is 3. The van der Waals surface area contributed by atoms with Crippen LogP contribution in [0.15, 0.2) is 24.0 Å². The van der Waals surface area contributed by atoms with Crippen LogP contribution in [0.1, 0.15) is 13.3 Å². The van der Waals surface area contributed by atoms with Crippen LogP contribution < -0.4 is 27.6 Å². The minimum Gasteiger partial charge on any atom is -0.399 e. The van der Waals surface area contributed by atoms with Crippen LogP contribution in [0.4, 0.5) is 32.0 Å². The van der Waals surface area contributed by atoms with E-state index in [1.165, 1.54) is 12.2 Å². The molecule has 15 heteroatoms. The maximum Gasteiger partial charge on any atom is 0.414 e. The smallest absolute Gasteiger partial charge is 0.399 e. The summed E-state index contributed by atoms with van der Waals surface area (Å²) in [4.78, 5) is 37.9. The van der Waals surface area contributed by atoms with Crippen molar-refractivity contribution in [3.05, 3.63) is 41.5 Å². The molecule has 1 aromatic carbocycles. The lowest BCUT2D eigenvalue weighted by Crippen LogP contribution is -2.54. The van der Waals surface area contributed by atoms with Crippen molar-refractivity contribution in [3.63, 3.8) is 0 Å². The lowest BCUT2D eigenvalue weighted by atomic mass is 10.0. The molecule has 3 unspecified atom stereocenters. The number of benzene rings is 1. The number of carbonyl (C=O) groups excluding carboxylic acids is 3. The van der Waals surface area contributed by atoms with Gasteiger partial charge >= 0.3 is 18.0 Å². The highest BCUT2D eigenvalue weighted by atomic mass is 19.4. The van der Waals surface area contributed by atoms with Crippen molar-refractivity contribution in [2.75, 3.05) is 11.9 Å². The van der Waals surface area contributed by atoms with Gasteiger partial charge in [-0.3, -0.25) is 20.2 Å². The number of hydrogen-bond acceptors (Lipinski definition) is 6. The number of nitrogens with zero attached hydrogens (tertiary/aromatic N) is 1. The summed E-state index contributed by atoms with van der Waals surface area (Å²) in [6, 6.07) is -2.55. The van der Waals surface area contributed by atoms with E-state index in [0.717, 1.165) is 4.90 Å². The highest BCUT2D eigenvalue weighted by Crippen LogP contribution is 2.27. The Kier molecular flexibility index (Phi) is 7.79. The molecule has 1 aliphatic heterocycles. The lowest BCUT2D eigenvalue weighted by molar-refractivity contribution is -0.160. The number of hydrogen-bond donors (Lipinski definition) is 5. The first-order chi connectivity index (χ1) is 15.3. The van der Waals surface area contributed by atoms with Crippen molar-refractivity contribution in [1.29, 1.82) is 0 Å². The normalized spacial score (nSPS) is 19.8. The molecule has 0 saturated carbocycles. The number of halogens is 6. The minimum absolute atomic E-state index is 0.0000135. The maximum absolute atomic E-state index is 13.3. The number of amides is 3.